The average Bonchev–Trinajstić information content (AvgIpc) is 2.49. The molecule has 1 rings (SSSR count). The molecule has 0 saturated carbocycles. The molecule has 0 atom stereocenters. The number of carbonyl (C=O) groups is 3. The van der Waals surface area contributed by atoms with E-state index in [1.54, 1.807) is 39.1 Å². The minimum Gasteiger partial charge on any atom is -0.465 e. The van der Waals surface area contributed by atoms with E-state index in [0.29, 0.717) is 0 Å². The number of carbonyl (C=O) groups excluding carboxylic acids is 3. The average molecular weight is 322 g/mol. The smallest absolute Gasteiger partial charge is 0.325 e. The summed E-state index contributed by atoms with van der Waals surface area (Å²) in [6.07, 6.45) is 1.69. The zero-order chi connectivity index (χ0) is 17.2. The van der Waals surface area contributed by atoms with E-state index in [4.69, 9.17) is 9.47 Å². The Balaban J connectivity index is 2.80. The van der Waals surface area contributed by atoms with Gasteiger partial charge in [0.1, 0.15) is 13.1 Å². The highest BCUT2D eigenvalue weighted by Gasteiger charge is 2.22. The van der Waals surface area contributed by atoms with Crippen molar-refractivity contribution in [1.82, 2.24) is 9.88 Å². The zero-order valence-electron chi connectivity index (χ0n) is 13.7. The molecule has 0 spiro atoms. The monoisotopic (exact) mass is 322 g/mol. The molecule has 0 aliphatic carbocycles. The number of rotatable bonds is 8. The Morgan fingerprint density at radius 3 is 2.13 bits per heavy atom. The van der Waals surface area contributed by atoms with Crippen molar-refractivity contribution in [3.63, 3.8) is 0 Å². The number of hydrogen-bond acceptors (Lipinski definition) is 6. The maximum absolute atomic E-state index is 12.4. The van der Waals surface area contributed by atoms with Gasteiger partial charge in [-0.3, -0.25) is 19.4 Å². The van der Waals surface area contributed by atoms with E-state index < -0.39 is 11.9 Å². The largest absolute Gasteiger partial charge is 0.465 e. The van der Waals surface area contributed by atoms with Crippen molar-refractivity contribution in [3.05, 3.63) is 29.6 Å². The minimum absolute atomic E-state index is 0.0541. The molecule has 0 aliphatic rings. The Bertz CT molecular complexity index is 539. The first-order valence-corrected chi connectivity index (χ1v) is 7.47. The molecule has 23 heavy (non-hydrogen) atoms. The molecule has 1 heterocycles. The van der Waals surface area contributed by atoms with E-state index in [0.717, 1.165) is 16.2 Å². The van der Waals surface area contributed by atoms with E-state index in [1.807, 2.05) is 0 Å². The van der Waals surface area contributed by atoms with Crippen molar-refractivity contribution < 1.29 is 23.9 Å². The summed E-state index contributed by atoms with van der Waals surface area (Å²) >= 11 is 0. The van der Waals surface area contributed by atoms with Crippen LogP contribution in [0.25, 0.3) is 0 Å². The Hall–Kier alpha value is -2.44. The van der Waals surface area contributed by atoms with Crippen LogP contribution in [0.2, 0.25) is 0 Å². The zero-order valence-corrected chi connectivity index (χ0v) is 13.7. The van der Waals surface area contributed by atoms with E-state index in [-0.39, 0.29) is 38.6 Å². The molecule has 0 bridgehead atoms. The van der Waals surface area contributed by atoms with Crippen LogP contribution in [0.3, 0.4) is 0 Å². The topological polar surface area (TPSA) is 85.8 Å². The molecule has 0 aliphatic heterocycles. The van der Waals surface area contributed by atoms with Gasteiger partial charge in [-0.15, -0.1) is 0 Å². The van der Waals surface area contributed by atoms with Gasteiger partial charge in [0.15, 0.2) is 0 Å². The Morgan fingerprint density at radius 1 is 1.09 bits per heavy atom. The van der Waals surface area contributed by atoms with Gasteiger partial charge in [0.2, 0.25) is 5.91 Å². The quantitative estimate of drug-likeness (QED) is 0.661. The van der Waals surface area contributed by atoms with E-state index in [1.165, 1.54) is 0 Å². The SMILES string of the molecule is CCOC(=O)CN(CC(=O)OCC)C(=O)Cc1cccnc1C. The third-order valence-electron chi connectivity index (χ3n) is 3.06. The second kappa shape index (κ2) is 9.55. The summed E-state index contributed by atoms with van der Waals surface area (Å²) in [5.41, 5.74) is 1.48. The summed E-state index contributed by atoms with van der Waals surface area (Å²) in [7, 11) is 0. The summed E-state index contributed by atoms with van der Waals surface area (Å²) in [6.45, 7) is 4.99. The highest BCUT2D eigenvalue weighted by atomic mass is 16.5. The van der Waals surface area contributed by atoms with Crippen LogP contribution >= 0.6 is 0 Å². The normalized spacial score (nSPS) is 10.0. The number of hydrogen-bond donors (Lipinski definition) is 0. The molecule has 1 aromatic heterocycles. The standard InChI is InChI=1S/C16H22N2O5/c1-4-22-15(20)10-18(11-16(21)23-5-2)14(19)9-13-7-6-8-17-12(13)3/h6-8H,4-5,9-11H2,1-3H3. The second-order valence-electron chi connectivity index (χ2n) is 4.78. The fourth-order valence-electron chi connectivity index (χ4n) is 1.94. The summed E-state index contributed by atoms with van der Waals surface area (Å²) in [6, 6.07) is 3.52. The Kier molecular flexibility index (Phi) is 7.73. The van der Waals surface area contributed by atoms with Gasteiger partial charge in [0.05, 0.1) is 19.6 Å². The number of nitrogens with zero attached hydrogens (tertiary/aromatic N) is 2. The predicted octanol–water partition coefficient (Wildman–Crippen LogP) is 0.887. The molecule has 0 unspecified atom stereocenters. The molecule has 0 N–H and O–H groups in total. The van der Waals surface area contributed by atoms with Crippen molar-refractivity contribution in [2.45, 2.75) is 27.2 Å². The third-order valence-corrected chi connectivity index (χ3v) is 3.06. The van der Waals surface area contributed by atoms with Crippen molar-refractivity contribution in [1.29, 1.82) is 0 Å². The summed E-state index contributed by atoms with van der Waals surface area (Å²) in [5.74, 6) is -1.48. The summed E-state index contributed by atoms with van der Waals surface area (Å²) in [4.78, 5) is 41.0. The third kappa shape index (κ3) is 6.46. The molecule has 0 fully saturated rings. The van der Waals surface area contributed by atoms with Gasteiger partial charge in [-0.05, 0) is 32.4 Å². The highest BCUT2D eigenvalue weighted by Crippen LogP contribution is 2.07. The first kappa shape index (κ1) is 18.6. The van der Waals surface area contributed by atoms with Crippen molar-refractivity contribution >= 4 is 17.8 Å². The predicted molar refractivity (Wildman–Crippen MR) is 82.5 cm³/mol. The maximum Gasteiger partial charge on any atom is 0.325 e. The van der Waals surface area contributed by atoms with Crippen LogP contribution in [0.5, 0.6) is 0 Å². The van der Waals surface area contributed by atoms with Gasteiger partial charge in [-0.25, -0.2) is 0 Å². The molecular weight excluding hydrogens is 300 g/mol. The molecule has 7 heteroatoms. The molecule has 126 valence electrons. The number of aryl methyl sites for hydroxylation is 1. The van der Waals surface area contributed by atoms with Crippen LogP contribution in [-0.4, -0.2) is 54.0 Å². The first-order valence-electron chi connectivity index (χ1n) is 7.47. The van der Waals surface area contributed by atoms with E-state index >= 15 is 0 Å². The lowest BCUT2D eigenvalue weighted by atomic mass is 10.1. The molecule has 0 aromatic carbocycles. The fourth-order valence-corrected chi connectivity index (χ4v) is 1.94. The lowest BCUT2D eigenvalue weighted by Gasteiger charge is -2.21. The number of aromatic nitrogens is 1. The Morgan fingerprint density at radius 2 is 1.65 bits per heavy atom. The van der Waals surface area contributed by atoms with Crippen LogP contribution in [0.1, 0.15) is 25.1 Å². The van der Waals surface area contributed by atoms with Gasteiger partial charge >= 0.3 is 11.9 Å². The van der Waals surface area contributed by atoms with Gasteiger partial charge in [0, 0.05) is 11.9 Å². The lowest BCUT2D eigenvalue weighted by Crippen LogP contribution is -2.41. The van der Waals surface area contributed by atoms with E-state index in [2.05, 4.69) is 4.98 Å². The van der Waals surface area contributed by atoms with Gasteiger partial charge in [-0.1, -0.05) is 6.07 Å². The number of pyridine rings is 1. The number of amides is 1. The minimum atomic E-state index is -0.562. The van der Waals surface area contributed by atoms with E-state index in [9.17, 15) is 14.4 Å². The molecule has 1 amide bonds. The van der Waals surface area contributed by atoms with Gasteiger partial charge < -0.3 is 14.4 Å². The van der Waals surface area contributed by atoms with Crippen LogP contribution in [-0.2, 0) is 30.3 Å². The van der Waals surface area contributed by atoms with Crippen LogP contribution in [0.15, 0.2) is 18.3 Å². The van der Waals surface area contributed by atoms with Crippen LogP contribution in [0, 0.1) is 6.92 Å². The molecule has 0 radical (unpaired) electrons. The Labute approximate surface area is 135 Å². The highest BCUT2D eigenvalue weighted by molar-refractivity contribution is 5.87. The van der Waals surface area contributed by atoms with Gasteiger partial charge in [-0.2, -0.15) is 0 Å². The summed E-state index contributed by atoms with van der Waals surface area (Å²) < 4.78 is 9.68. The maximum atomic E-state index is 12.4. The van der Waals surface area contributed by atoms with Crippen LogP contribution < -0.4 is 0 Å². The lowest BCUT2D eigenvalue weighted by molar-refractivity contribution is -0.153. The first-order chi connectivity index (χ1) is 11.0. The van der Waals surface area contributed by atoms with Crippen LogP contribution in [0.4, 0.5) is 0 Å². The molecule has 1 aromatic rings. The molecule has 0 saturated heterocycles. The van der Waals surface area contributed by atoms with Crippen molar-refractivity contribution in [3.8, 4) is 0 Å². The fraction of sp³-hybridized carbons (Fsp3) is 0.500. The van der Waals surface area contributed by atoms with Crippen molar-refractivity contribution in [2.75, 3.05) is 26.3 Å². The summed E-state index contributed by atoms with van der Waals surface area (Å²) in [5, 5.41) is 0. The molecular formula is C16H22N2O5. The van der Waals surface area contributed by atoms with Crippen molar-refractivity contribution in [2.24, 2.45) is 0 Å². The number of ether oxygens (including phenoxy) is 2. The van der Waals surface area contributed by atoms with Gasteiger partial charge in [0.25, 0.3) is 0 Å². The number of esters is 2. The second-order valence-corrected chi connectivity index (χ2v) is 4.78. The molecule has 7 nitrogen and oxygen atoms in total.